The number of hydrogen-bond acceptors (Lipinski definition) is 3. The molecule has 0 spiro atoms. The van der Waals surface area contributed by atoms with Crippen molar-refractivity contribution in [3.8, 4) is 0 Å². The largest absolute Gasteiger partial charge is 0.370 e. The van der Waals surface area contributed by atoms with Gasteiger partial charge in [-0.2, -0.15) is 0 Å². The van der Waals surface area contributed by atoms with E-state index in [2.05, 4.69) is 76.3 Å². The summed E-state index contributed by atoms with van der Waals surface area (Å²) in [5, 5.41) is 5.08. The molecule has 1 saturated carbocycles. The molecular weight excluding hydrogens is 498 g/mol. The Bertz CT molecular complexity index is 1240. The predicted molar refractivity (Wildman–Crippen MR) is 156 cm³/mol. The molecule has 0 bridgehead atoms. The van der Waals surface area contributed by atoms with Gasteiger partial charge in [-0.1, -0.05) is 44.4 Å². The summed E-state index contributed by atoms with van der Waals surface area (Å²) in [4.78, 5) is 9.38. The first-order valence-corrected chi connectivity index (χ1v) is 14.5. The molecule has 2 saturated heterocycles. The Morgan fingerprint density at radius 3 is 2.51 bits per heavy atom. The fraction of sp³-hybridized carbons (Fsp3) is 0.467. The van der Waals surface area contributed by atoms with Crippen LogP contribution in [-0.2, 0) is 0 Å². The molecule has 194 valence electrons. The van der Waals surface area contributed by atoms with E-state index in [9.17, 15) is 0 Å². The van der Waals surface area contributed by atoms with Crippen molar-refractivity contribution in [1.29, 1.82) is 0 Å². The average Bonchev–Trinajstić information content (AvgIpc) is 3.63. The maximum absolute atomic E-state index is 6.97. The molecule has 0 unspecified atom stereocenters. The molecule has 3 fully saturated rings. The normalized spacial score (nSPS) is 26.6. The Balaban J connectivity index is 1.36. The minimum Gasteiger partial charge on any atom is -0.370 e. The van der Waals surface area contributed by atoms with E-state index < -0.39 is 0 Å². The van der Waals surface area contributed by atoms with Gasteiger partial charge in [0.05, 0.1) is 28.5 Å². The highest BCUT2D eigenvalue weighted by molar-refractivity contribution is 7.80. The summed E-state index contributed by atoms with van der Waals surface area (Å²) in [5.41, 5.74) is 4.37. The second kappa shape index (κ2) is 10.3. The highest BCUT2D eigenvalue weighted by Gasteiger charge is 2.41. The van der Waals surface area contributed by atoms with Crippen molar-refractivity contribution in [3.63, 3.8) is 0 Å². The van der Waals surface area contributed by atoms with Gasteiger partial charge in [-0.15, -0.1) is 0 Å². The molecule has 3 aliphatic rings. The van der Waals surface area contributed by atoms with Gasteiger partial charge in [0.1, 0.15) is 0 Å². The van der Waals surface area contributed by atoms with Crippen molar-refractivity contribution in [2.75, 3.05) is 22.9 Å². The third-order valence-corrected chi connectivity index (χ3v) is 8.96. The summed E-state index contributed by atoms with van der Waals surface area (Å²) in [7, 11) is 0. The lowest BCUT2D eigenvalue weighted by molar-refractivity contribution is 0.357. The van der Waals surface area contributed by atoms with E-state index >= 15 is 0 Å². The molecule has 3 aromatic rings. The van der Waals surface area contributed by atoms with Crippen LogP contribution in [0.1, 0.15) is 75.3 Å². The topological polar surface area (TPSA) is 36.3 Å². The number of thiocarbonyl (C=S) groups is 1. The lowest BCUT2D eigenvalue weighted by atomic mass is 9.91. The van der Waals surface area contributed by atoms with Crippen LogP contribution in [-0.4, -0.2) is 27.8 Å². The smallest absolute Gasteiger partial charge is 0.174 e. The number of anilines is 2. The van der Waals surface area contributed by atoms with E-state index in [1.807, 2.05) is 18.3 Å². The molecule has 2 aliphatic heterocycles. The highest BCUT2D eigenvalue weighted by atomic mass is 35.5. The second-order valence-corrected chi connectivity index (χ2v) is 12.1. The van der Waals surface area contributed by atoms with Crippen LogP contribution >= 0.6 is 23.8 Å². The van der Waals surface area contributed by atoms with Crippen LogP contribution in [0, 0.1) is 11.8 Å². The monoisotopic (exact) mass is 533 g/mol. The van der Waals surface area contributed by atoms with Crippen molar-refractivity contribution >= 4 is 40.3 Å². The summed E-state index contributed by atoms with van der Waals surface area (Å²) in [6, 6.07) is 15.3. The second-order valence-electron chi connectivity index (χ2n) is 11.3. The molecule has 37 heavy (non-hydrogen) atoms. The molecule has 1 N–H and O–H groups in total. The Morgan fingerprint density at radius 2 is 1.81 bits per heavy atom. The first kappa shape index (κ1) is 24.7. The predicted octanol–water partition coefficient (Wildman–Crippen LogP) is 7.31. The maximum Gasteiger partial charge on any atom is 0.174 e. The minimum absolute atomic E-state index is 0.0120. The van der Waals surface area contributed by atoms with E-state index in [4.69, 9.17) is 28.8 Å². The Morgan fingerprint density at radius 1 is 1.03 bits per heavy atom. The lowest BCUT2D eigenvalue weighted by Gasteiger charge is -2.37. The standard InChI is InChI=1S/C30H36ClN5S/c1-20-15-21(2)18-35(17-20)27-11-10-24(16-25(27)31)36-29(22-12-14-34(19-22)23-7-3-4-8-23)28(33-30(36)37)26-9-5-6-13-32-26/h5-6,9-14,16,19-21,23,28-29H,3-4,7-8,15,17-18H2,1-2H3,(H,33,37)/t20-,21+,28-,29+/m1/s1. The average molecular weight is 534 g/mol. The summed E-state index contributed by atoms with van der Waals surface area (Å²) in [5.74, 6) is 1.34. The third-order valence-electron chi connectivity index (χ3n) is 8.34. The zero-order valence-corrected chi connectivity index (χ0v) is 23.3. The number of nitrogens with zero attached hydrogens (tertiary/aromatic N) is 4. The zero-order valence-electron chi connectivity index (χ0n) is 21.7. The van der Waals surface area contributed by atoms with Gasteiger partial charge in [0.2, 0.25) is 0 Å². The molecule has 4 heterocycles. The van der Waals surface area contributed by atoms with Crippen molar-refractivity contribution in [1.82, 2.24) is 14.9 Å². The van der Waals surface area contributed by atoms with Crippen molar-refractivity contribution in [2.45, 2.75) is 64.1 Å². The number of aromatic nitrogens is 2. The van der Waals surface area contributed by atoms with Gasteiger partial charge in [-0.3, -0.25) is 4.98 Å². The number of pyridine rings is 1. The van der Waals surface area contributed by atoms with Gasteiger partial charge in [0, 0.05) is 43.4 Å². The van der Waals surface area contributed by atoms with Crippen molar-refractivity contribution < 1.29 is 0 Å². The van der Waals surface area contributed by atoms with E-state index in [-0.39, 0.29) is 12.1 Å². The SMILES string of the molecule is C[C@@H]1C[C@H](C)CN(c2ccc(N3C(=S)N[C@H](c4ccccn4)[C@@H]3c3ccn(C4CCCC4)c3)cc2Cl)C1. The van der Waals surface area contributed by atoms with Crippen LogP contribution in [0.15, 0.2) is 61.1 Å². The fourth-order valence-corrected chi connectivity index (χ4v) is 7.41. The molecule has 0 radical (unpaired) electrons. The Kier molecular flexibility index (Phi) is 6.89. The van der Waals surface area contributed by atoms with Crippen LogP contribution in [0.5, 0.6) is 0 Å². The summed E-state index contributed by atoms with van der Waals surface area (Å²) >= 11 is 12.9. The van der Waals surface area contributed by atoms with E-state index in [0.717, 1.165) is 35.2 Å². The van der Waals surface area contributed by atoms with Gasteiger partial charge in [0.15, 0.2) is 5.11 Å². The molecule has 7 heteroatoms. The van der Waals surface area contributed by atoms with Gasteiger partial charge in [-0.25, -0.2) is 0 Å². The van der Waals surface area contributed by atoms with Crippen LogP contribution in [0.3, 0.4) is 0 Å². The molecule has 6 rings (SSSR count). The number of hydrogen-bond donors (Lipinski definition) is 1. The summed E-state index contributed by atoms with van der Waals surface area (Å²) in [6.45, 7) is 6.76. The van der Waals surface area contributed by atoms with Gasteiger partial charge in [0.25, 0.3) is 0 Å². The van der Waals surface area contributed by atoms with Crippen molar-refractivity contribution in [2.24, 2.45) is 11.8 Å². The first-order chi connectivity index (χ1) is 18.0. The number of nitrogens with one attached hydrogen (secondary N) is 1. The van der Waals surface area contributed by atoms with Crippen LogP contribution in [0.2, 0.25) is 5.02 Å². The molecular formula is C30H36ClN5S. The van der Waals surface area contributed by atoms with Gasteiger partial charge >= 0.3 is 0 Å². The first-order valence-electron chi connectivity index (χ1n) is 13.7. The summed E-state index contributed by atoms with van der Waals surface area (Å²) in [6.07, 6.45) is 12.8. The number of rotatable bonds is 5. The van der Waals surface area contributed by atoms with Crippen LogP contribution in [0.4, 0.5) is 11.4 Å². The van der Waals surface area contributed by atoms with Crippen LogP contribution < -0.4 is 15.1 Å². The Labute approximate surface area is 230 Å². The molecule has 1 aliphatic carbocycles. The van der Waals surface area contributed by atoms with E-state index in [1.165, 1.54) is 37.7 Å². The number of halogens is 1. The fourth-order valence-electron chi connectivity index (χ4n) is 6.77. The quantitative estimate of drug-likeness (QED) is 0.348. The zero-order chi connectivity index (χ0) is 25.5. The number of piperidine rings is 1. The van der Waals surface area contributed by atoms with E-state index in [0.29, 0.717) is 23.0 Å². The Hall–Kier alpha value is -2.57. The molecule has 4 atom stereocenters. The van der Waals surface area contributed by atoms with Crippen molar-refractivity contribution in [3.05, 3.63) is 77.3 Å². The van der Waals surface area contributed by atoms with Gasteiger partial charge < -0.3 is 19.7 Å². The third kappa shape index (κ3) is 4.86. The van der Waals surface area contributed by atoms with Gasteiger partial charge in [-0.05, 0) is 85.3 Å². The molecule has 0 amide bonds. The molecule has 1 aromatic carbocycles. The molecule has 5 nitrogen and oxygen atoms in total. The highest BCUT2D eigenvalue weighted by Crippen LogP contribution is 2.44. The maximum atomic E-state index is 6.97. The number of benzene rings is 1. The summed E-state index contributed by atoms with van der Waals surface area (Å²) < 4.78 is 2.41. The van der Waals surface area contributed by atoms with Crippen LogP contribution in [0.25, 0.3) is 0 Å². The van der Waals surface area contributed by atoms with E-state index in [1.54, 1.807) is 0 Å². The lowest BCUT2D eigenvalue weighted by Crippen LogP contribution is -2.38. The molecule has 2 aromatic heterocycles. The minimum atomic E-state index is -0.0460.